The van der Waals surface area contributed by atoms with E-state index < -0.39 is 12.0 Å². The van der Waals surface area contributed by atoms with E-state index in [0.29, 0.717) is 5.39 Å². The Bertz CT molecular complexity index is 465. The Kier molecular flexibility index (Phi) is 1.87. The molecular weight excluding hydrogens is 193 g/mol. The molecular formula is C9H4F3N2. The maximum absolute atomic E-state index is 12.2. The molecule has 1 aromatic carbocycles. The molecule has 5 heteroatoms. The largest absolute Gasteiger partial charge is 0.451 e. The van der Waals surface area contributed by atoms with Gasteiger partial charge in [0.1, 0.15) is 6.20 Å². The minimum Gasteiger partial charge on any atom is -0.224 e. The minimum absolute atomic E-state index is 0.245. The van der Waals surface area contributed by atoms with Crippen LogP contribution < -0.4 is 0 Å². The molecule has 2 aromatic rings. The van der Waals surface area contributed by atoms with Crippen molar-refractivity contribution >= 4 is 10.9 Å². The molecule has 14 heavy (non-hydrogen) atoms. The van der Waals surface area contributed by atoms with Gasteiger partial charge in [-0.1, -0.05) is 18.2 Å². The Morgan fingerprint density at radius 2 is 1.86 bits per heavy atom. The van der Waals surface area contributed by atoms with Crippen molar-refractivity contribution in [3.05, 3.63) is 36.3 Å². The second-order valence-corrected chi connectivity index (χ2v) is 2.67. The van der Waals surface area contributed by atoms with Crippen molar-refractivity contribution in [2.24, 2.45) is 0 Å². The van der Waals surface area contributed by atoms with Crippen LogP contribution in [0.5, 0.6) is 0 Å². The first kappa shape index (κ1) is 8.93. The molecule has 1 heterocycles. The van der Waals surface area contributed by atoms with Crippen LogP contribution in [-0.4, -0.2) is 9.97 Å². The van der Waals surface area contributed by atoms with E-state index in [-0.39, 0.29) is 5.52 Å². The summed E-state index contributed by atoms with van der Waals surface area (Å²) in [7, 11) is 0. The van der Waals surface area contributed by atoms with Gasteiger partial charge < -0.3 is 0 Å². The van der Waals surface area contributed by atoms with Gasteiger partial charge in [0, 0.05) is 5.39 Å². The lowest BCUT2D eigenvalue weighted by Gasteiger charge is -2.04. The van der Waals surface area contributed by atoms with Crippen LogP contribution in [0.4, 0.5) is 13.2 Å². The summed E-state index contributed by atoms with van der Waals surface area (Å²) in [5.74, 6) is -1.16. The van der Waals surface area contributed by atoms with E-state index in [9.17, 15) is 13.2 Å². The van der Waals surface area contributed by atoms with Crippen molar-refractivity contribution in [3.8, 4) is 0 Å². The van der Waals surface area contributed by atoms with E-state index in [1.54, 1.807) is 18.2 Å². The average molecular weight is 197 g/mol. The second-order valence-electron chi connectivity index (χ2n) is 2.67. The molecule has 0 N–H and O–H groups in total. The van der Waals surface area contributed by atoms with Crippen LogP contribution in [0.2, 0.25) is 0 Å². The van der Waals surface area contributed by atoms with E-state index in [0.717, 1.165) is 0 Å². The number of alkyl halides is 3. The molecule has 0 saturated carbocycles. The zero-order chi connectivity index (χ0) is 10.2. The van der Waals surface area contributed by atoms with E-state index >= 15 is 0 Å². The number of aromatic nitrogens is 2. The number of hydrogen-bond donors (Lipinski definition) is 0. The van der Waals surface area contributed by atoms with E-state index in [2.05, 4.69) is 16.2 Å². The van der Waals surface area contributed by atoms with Gasteiger partial charge in [-0.05, 0) is 6.07 Å². The highest BCUT2D eigenvalue weighted by Crippen LogP contribution is 2.26. The summed E-state index contributed by atoms with van der Waals surface area (Å²) in [6.45, 7) is 0. The van der Waals surface area contributed by atoms with Crippen LogP contribution >= 0.6 is 0 Å². The summed E-state index contributed by atoms with van der Waals surface area (Å²) in [6, 6.07) is 6.40. The maximum atomic E-state index is 12.2. The molecule has 0 aliphatic carbocycles. The summed E-state index contributed by atoms with van der Waals surface area (Å²) >= 11 is 0. The third-order valence-corrected chi connectivity index (χ3v) is 1.67. The zero-order valence-electron chi connectivity index (χ0n) is 6.84. The van der Waals surface area contributed by atoms with Crippen LogP contribution in [0, 0.1) is 6.20 Å². The Balaban J connectivity index is 2.63. The van der Waals surface area contributed by atoms with Gasteiger partial charge in [0.05, 0.1) is 5.52 Å². The minimum atomic E-state index is -4.51. The normalized spacial score (nSPS) is 11.9. The van der Waals surface area contributed by atoms with Gasteiger partial charge in [-0.25, -0.2) is 9.97 Å². The lowest BCUT2D eigenvalue weighted by atomic mass is 10.2. The summed E-state index contributed by atoms with van der Waals surface area (Å²) in [5, 5.41) is 0.473. The number of halogens is 3. The van der Waals surface area contributed by atoms with E-state index in [1.807, 2.05) is 0 Å². The van der Waals surface area contributed by atoms with Gasteiger partial charge in [0.2, 0.25) is 5.82 Å². The van der Waals surface area contributed by atoms with Gasteiger partial charge in [0.25, 0.3) is 0 Å². The number of nitrogens with zero attached hydrogens (tertiary/aromatic N) is 2. The Morgan fingerprint density at radius 3 is 2.57 bits per heavy atom. The van der Waals surface area contributed by atoms with Gasteiger partial charge in [-0.15, -0.1) is 0 Å². The zero-order valence-corrected chi connectivity index (χ0v) is 6.84. The first-order chi connectivity index (χ1) is 6.57. The molecule has 71 valence electrons. The van der Waals surface area contributed by atoms with Crippen LogP contribution in [0.25, 0.3) is 10.9 Å². The molecule has 2 rings (SSSR count). The van der Waals surface area contributed by atoms with Crippen LogP contribution in [-0.2, 0) is 6.18 Å². The van der Waals surface area contributed by atoms with Crippen molar-refractivity contribution in [2.45, 2.75) is 6.18 Å². The van der Waals surface area contributed by atoms with Crippen LogP contribution in [0.1, 0.15) is 5.82 Å². The highest BCUT2D eigenvalue weighted by Gasteiger charge is 2.34. The molecule has 0 aliphatic rings. The lowest BCUT2D eigenvalue weighted by Crippen LogP contribution is -2.10. The summed E-state index contributed by atoms with van der Waals surface area (Å²) < 4.78 is 36.5. The first-order valence-electron chi connectivity index (χ1n) is 3.79. The first-order valence-corrected chi connectivity index (χ1v) is 3.79. The van der Waals surface area contributed by atoms with Gasteiger partial charge >= 0.3 is 6.18 Å². The predicted molar refractivity (Wildman–Crippen MR) is 43.4 cm³/mol. The average Bonchev–Trinajstić information content (AvgIpc) is 2.16. The topological polar surface area (TPSA) is 25.8 Å². The highest BCUT2D eigenvalue weighted by atomic mass is 19.4. The smallest absolute Gasteiger partial charge is 0.224 e. The summed E-state index contributed by atoms with van der Waals surface area (Å²) in [4.78, 5) is 6.50. The molecule has 0 atom stereocenters. The monoisotopic (exact) mass is 197 g/mol. The van der Waals surface area contributed by atoms with Crippen molar-refractivity contribution in [1.29, 1.82) is 0 Å². The van der Waals surface area contributed by atoms with Gasteiger partial charge in [0.15, 0.2) is 0 Å². The molecule has 2 nitrogen and oxygen atoms in total. The molecule has 0 fully saturated rings. The number of para-hydroxylation sites is 1. The number of benzene rings is 1. The maximum Gasteiger partial charge on any atom is 0.451 e. The van der Waals surface area contributed by atoms with E-state index in [1.165, 1.54) is 6.07 Å². The lowest BCUT2D eigenvalue weighted by molar-refractivity contribution is -0.144. The van der Waals surface area contributed by atoms with Gasteiger partial charge in [-0.3, -0.25) is 0 Å². The number of fused-ring (bicyclic) bond motifs is 1. The van der Waals surface area contributed by atoms with Crippen molar-refractivity contribution < 1.29 is 13.2 Å². The van der Waals surface area contributed by atoms with Crippen molar-refractivity contribution in [1.82, 2.24) is 9.97 Å². The quantitative estimate of drug-likeness (QED) is 0.648. The highest BCUT2D eigenvalue weighted by molar-refractivity contribution is 5.76. The fourth-order valence-corrected chi connectivity index (χ4v) is 1.04. The Labute approximate surface area is 77.4 Å². The fourth-order valence-electron chi connectivity index (χ4n) is 1.04. The Morgan fingerprint density at radius 1 is 1.14 bits per heavy atom. The molecule has 1 radical (unpaired) electrons. The second kappa shape index (κ2) is 2.94. The van der Waals surface area contributed by atoms with Crippen LogP contribution in [0.3, 0.4) is 0 Å². The molecule has 0 amide bonds. The van der Waals surface area contributed by atoms with Gasteiger partial charge in [-0.2, -0.15) is 13.2 Å². The van der Waals surface area contributed by atoms with E-state index in [4.69, 9.17) is 0 Å². The van der Waals surface area contributed by atoms with Crippen molar-refractivity contribution in [3.63, 3.8) is 0 Å². The SMILES string of the molecule is FC(F)(F)c1n[c]c2ccccc2n1. The predicted octanol–water partition coefficient (Wildman–Crippen LogP) is 2.45. The molecule has 0 saturated heterocycles. The Hall–Kier alpha value is -1.65. The number of hydrogen-bond acceptors (Lipinski definition) is 2. The molecule has 0 bridgehead atoms. The molecule has 1 aromatic heterocycles. The molecule has 0 aliphatic heterocycles. The molecule has 0 unspecified atom stereocenters. The fraction of sp³-hybridized carbons (Fsp3) is 0.111. The number of rotatable bonds is 0. The summed E-state index contributed by atoms with van der Waals surface area (Å²) in [5.41, 5.74) is 0.245. The van der Waals surface area contributed by atoms with Crippen molar-refractivity contribution in [2.75, 3.05) is 0 Å². The molecule has 0 spiro atoms. The third kappa shape index (κ3) is 1.53. The third-order valence-electron chi connectivity index (χ3n) is 1.67. The van der Waals surface area contributed by atoms with Crippen LogP contribution in [0.15, 0.2) is 24.3 Å². The standard InChI is InChI=1S/C9H4F3N2/c10-9(11,12)8-13-5-6-3-1-2-4-7(6)14-8/h1-4H. The summed E-state index contributed by atoms with van der Waals surface area (Å²) in [6.07, 6.45) is -2.22.